The maximum absolute atomic E-state index is 5.50. The summed E-state index contributed by atoms with van der Waals surface area (Å²) in [7, 11) is 3.05. The van der Waals surface area contributed by atoms with E-state index in [1.54, 1.807) is 21.3 Å². The molecule has 116 valence electrons. The van der Waals surface area contributed by atoms with Gasteiger partial charge in [-0.3, -0.25) is 0 Å². The van der Waals surface area contributed by atoms with Crippen LogP contribution in [0.5, 0.6) is 0 Å². The van der Waals surface area contributed by atoms with E-state index >= 15 is 0 Å². The van der Waals surface area contributed by atoms with Crippen molar-refractivity contribution in [3.05, 3.63) is 0 Å². The molecule has 0 saturated heterocycles. The van der Waals surface area contributed by atoms with Gasteiger partial charge in [0.15, 0.2) is 5.79 Å². The highest BCUT2D eigenvalue weighted by Crippen LogP contribution is 2.43. The second-order valence-electron chi connectivity index (χ2n) is 3.82. The number of rotatable bonds is 9. The lowest BCUT2D eigenvalue weighted by Gasteiger charge is -2.16. The topological polar surface area (TPSA) is 55.4 Å². The molecule has 0 amide bonds. The lowest BCUT2D eigenvalue weighted by atomic mass is 10.6. The lowest BCUT2D eigenvalue weighted by molar-refractivity contribution is -0.186. The molecule has 1 rings (SSSR count). The summed E-state index contributed by atoms with van der Waals surface area (Å²) >= 11 is 0. The predicted molar refractivity (Wildman–Crippen MR) is 74.2 cm³/mol. The Morgan fingerprint density at radius 3 is 1.63 bits per heavy atom. The van der Waals surface area contributed by atoms with Gasteiger partial charge in [0, 0.05) is 47.6 Å². The van der Waals surface area contributed by atoms with Crippen molar-refractivity contribution in [3.63, 3.8) is 0 Å². The molecule has 1 atom stereocenters. The van der Waals surface area contributed by atoms with Crippen LogP contribution in [0.25, 0.3) is 0 Å². The summed E-state index contributed by atoms with van der Waals surface area (Å²) in [4.78, 5) is 0. The van der Waals surface area contributed by atoms with Crippen LogP contribution in [-0.4, -0.2) is 62.6 Å². The van der Waals surface area contributed by atoms with Crippen LogP contribution in [-0.2, 0) is 27.5 Å². The van der Waals surface area contributed by atoms with Gasteiger partial charge in [0.1, 0.15) is 6.10 Å². The molecular formula is C12H28O6Si. The monoisotopic (exact) mass is 296 g/mol. The first kappa shape index (κ1) is 19.0. The largest absolute Gasteiger partial charge is 0.483 e. The third-order valence-electron chi connectivity index (χ3n) is 2.52. The van der Waals surface area contributed by atoms with Crippen LogP contribution in [0.15, 0.2) is 0 Å². The molecule has 1 unspecified atom stereocenters. The third kappa shape index (κ3) is 6.80. The van der Waals surface area contributed by atoms with Crippen LogP contribution in [0.3, 0.4) is 0 Å². The molecule has 0 aliphatic heterocycles. The minimum absolute atomic E-state index is 0.155. The fourth-order valence-corrected chi connectivity index (χ4v) is 2.29. The molecule has 1 saturated carbocycles. The van der Waals surface area contributed by atoms with Gasteiger partial charge in [0.05, 0.1) is 0 Å². The predicted octanol–water partition coefficient (Wildman–Crippen LogP) is 1.21. The first-order valence-electron chi connectivity index (χ1n) is 6.61. The second-order valence-corrected chi connectivity index (χ2v) is 5.81. The van der Waals surface area contributed by atoms with Crippen LogP contribution < -0.4 is 0 Å². The van der Waals surface area contributed by atoms with Gasteiger partial charge in [0.2, 0.25) is 0 Å². The molecule has 0 aromatic rings. The zero-order valence-corrected chi connectivity index (χ0v) is 14.1. The highest BCUT2D eigenvalue weighted by atomic mass is 28.3. The third-order valence-corrected chi connectivity index (χ3v) is 3.68. The molecule has 19 heavy (non-hydrogen) atoms. The standard InChI is InChI=1S/C9H18O3.C3H10O3Si/c1-4-10-8-7-9(8,11-5-2)12-6-3;1-4-7(5-2)6-3/h8H,4-7H2,1-3H3;7H,1-3H3. The van der Waals surface area contributed by atoms with E-state index in [9.17, 15) is 0 Å². The van der Waals surface area contributed by atoms with Gasteiger partial charge >= 0.3 is 9.53 Å². The van der Waals surface area contributed by atoms with Crippen LogP contribution in [0.2, 0.25) is 0 Å². The summed E-state index contributed by atoms with van der Waals surface area (Å²) in [5, 5.41) is 0. The Labute approximate surface area is 118 Å². The number of hydrogen-bond donors (Lipinski definition) is 0. The molecule has 0 radical (unpaired) electrons. The smallest absolute Gasteiger partial charge is 0.379 e. The van der Waals surface area contributed by atoms with Crippen LogP contribution in [0.1, 0.15) is 27.2 Å². The van der Waals surface area contributed by atoms with Crippen molar-refractivity contribution < 1.29 is 27.5 Å². The normalized spacial score (nSPS) is 20.1. The Bertz CT molecular complexity index is 201. The van der Waals surface area contributed by atoms with Crippen LogP contribution >= 0.6 is 0 Å². The van der Waals surface area contributed by atoms with Gasteiger partial charge in [-0.05, 0) is 20.8 Å². The maximum atomic E-state index is 5.50. The van der Waals surface area contributed by atoms with Gasteiger partial charge in [-0.1, -0.05) is 0 Å². The summed E-state index contributed by atoms with van der Waals surface area (Å²) in [5.74, 6) is -0.403. The van der Waals surface area contributed by atoms with Crippen molar-refractivity contribution in [2.45, 2.75) is 39.1 Å². The van der Waals surface area contributed by atoms with Crippen molar-refractivity contribution in [2.75, 3.05) is 41.2 Å². The van der Waals surface area contributed by atoms with E-state index in [1.165, 1.54) is 0 Å². The lowest BCUT2D eigenvalue weighted by Crippen LogP contribution is -2.25. The van der Waals surface area contributed by atoms with E-state index in [4.69, 9.17) is 27.5 Å². The Hall–Kier alpha value is -0.0231. The second kappa shape index (κ2) is 10.7. The highest BCUT2D eigenvalue weighted by molar-refractivity contribution is 6.36. The zero-order chi connectivity index (χ0) is 14.7. The van der Waals surface area contributed by atoms with E-state index in [0.717, 1.165) is 13.0 Å². The summed E-state index contributed by atoms with van der Waals surface area (Å²) in [5.41, 5.74) is 0. The van der Waals surface area contributed by atoms with Crippen LogP contribution in [0, 0.1) is 0 Å². The number of ether oxygens (including phenoxy) is 3. The Kier molecular flexibility index (Phi) is 10.7. The highest BCUT2D eigenvalue weighted by Gasteiger charge is 2.58. The fraction of sp³-hybridized carbons (Fsp3) is 1.00. The molecule has 7 heteroatoms. The Morgan fingerprint density at radius 1 is 0.895 bits per heavy atom. The molecule has 0 spiro atoms. The first-order valence-corrected chi connectivity index (χ1v) is 8.03. The van der Waals surface area contributed by atoms with Gasteiger partial charge in [-0.15, -0.1) is 0 Å². The fourth-order valence-electron chi connectivity index (χ4n) is 1.71. The van der Waals surface area contributed by atoms with Gasteiger partial charge in [-0.2, -0.15) is 0 Å². The van der Waals surface area contributed by atoms with E-state index in [2.05, 4.69) is 0 Å². The summed E-state index contributed by atoms with van der Waals surface area (Å²) in [6, 6.07) is 0. The molecule has 0 bridgehead atoms. The maximum Gasteiger partial charge on any atom is 0.483 e. The molecule has 6 nitrogen and oxygen atoms in total. The molecule has 0 aromatic carbocycles. The Morgan fingerprint density at radius 2 is 1.37 bits per heavy atom. The summed E-state index contributed by atoms with van der Waals surface area (Å²) in [6.45, 7) is 8.03. The molecule has 0 heterocycles. The van der Waals surface area contributed by atoms with Gasteiger partial charge in [0.25, 0.3) is 0 Å². The number of hydrogen-bond acceptors (Lipinski definition) is 6. The minimum atomic E-state index is -1.67. The molecular weight excluding hydrogens is 268 g/mol. The molecule has 1 aliphatic rings. The molecule has 1 aliphatic carbocycles. The minimum Gasteiger partial charge on any atom is -0.379 e. The van der Waals surface area contributed by atoms with Gasteiger partial charge < -0.3 is 27.5 Å². The van der Waals surface area contributed by atoms with E-state index in [0.29, 0.717) is 13.2 Å². The SMILES string of the molecule is CCOC1CC1(OCC)OCC.CO[SiH](OC)OC. The molecule has 0 N–H and O–H groups in total. The van der Waals surface area contributed by atoms with Crippen molar-refractivity contribution in [1.29, 1.82) is 0 Å². The van der Waals surface area contributed by atoms with E-state index < -0.39 is 15.3 Å². The van der Waals surface area contributed by atoms with Crippen molar-refractivity contribution >= 4 is 9.53 Å². The summed E-state index contributed by atoms with van der Waals surface area (Å²) in [6.07, 6.45) is 1.03. The molecule has 1 fully saturated rings. The quantitative estimate of drug-likeness (QED) is 0.471. The van der Waals surface area contributed by atoms with Crippen LogP contribution in [0.4, 0.5) is 0 Å². The van der Waals surface area contributed by atoms with E-state index in [1.807, 2.05) is 20.8 Å². The van der Waals surface area contributed by atoms with Crippen molar-refractivity contribution in [1.82, 2.24) is 0 Å². The molecule has 0 aromatic heterocycles. The average molecular weight is 296 g/mol. The summed E-state index contributed by atoms with van der Waals surface area (Å²) < 4.78 is 30.7. The van der Waals surface area contributed by atoms with E-state index in [-0.39, 0.29) is 6.10 Å². The average Bonchev–Trinajstić information content (AvgIpc) is 3.06. The zero-order valence-electron chi connectivity index (χ0n) is 12.9. The first-order chi connectivity index (χ1) is 9.13. The van der Waals surface area contributed by atoms with Gasteiger partial charge in [-0.25, -0.2) is 0 Å². The van der Waals surface area contributed by atoms with Crippen molar-refractivity contribution in [2.24, 2.45) is 0 Å². The Balaban J connectivity index is 0.000000399. The van der Waals surface area contributed by atoms with Crippen molar-refractivity contribution in [3.8, 4) is 0 Å².